The third kappa shape index (κ3) is 3.40. The standard InChI is InChI=1S/C17H12N2O4S2/c1-23-13-8-6-12(7-9-13)18-16(20)15(25-17(18)24)10-11-4-2-3-5-14(11)19(21)22/h2-10H,1H3. The summed E-state index contributed by atoms with van der Waals surface area (Å²) < 4.78 is 5.48. The average molecular weight is 372 g/mol. The average Bonchev–Trinajstić information content (AvgIpc) is 2.89. The molecule has 1 saturated heterocycles. The Labute approximate surface area is 153 Å². The van der Waals surface area contributed by atoms with Gasteiger partial charge in [0.1, 0.15) is 5.75 Å². The van der Waals surface area contributed by atoms with Crippen molar-refractivity contribution in [1.82, 2.24) is 0 Å². The van der Waals surface area contributed by atoms with Crippen LogP contribution >= 0.6 is 24.0 Å². The van der Waals surface area contributed by atoms with Gasteiger partial charge in [-0.1, -0.05) is 36.1 Å². The highest BCUT2D eigenvalue weighted by Gasteiger charge is 2.33. The second kappa shape index (κ2) is 7.04. The number of ether oxygens (including phenoxy) is 1. The number of thiocarbonyl (C=S) groups is 1. The van der Waals surface area contributed by atoms with Gasteiger partial charge in [0.25, 0.3) is 11.6 Å². The van der Waals surface area contributed by atoms with Gasteiger partial charge < -0.3 is 4.74 Å². The summed E-state index contributed by atoms with van der Waals surface area (Å²) in [7, 11) is 1.56. The maximum absolute atomic E-state index is 12.7. The maximum atomic E-state index is 12.7. The molecule has 0 saturated carbocycles. The van der Waals surface area contributed by atoms with Gasteiger partial charge in [0.2, 0.25) is 0 Å². The van der Waals surface area contributed by atoms with Crippen LogP contribution in [0.1, 0.15) is 5.56 Å². The van der Waals surface area contributed by atoms with E-state index in [0.29, 0.717) is 26.2 Å². The molecule has 1 aliphatic heterocycles. The SMILES string of the molecule is COc1ccc(N2C(=O)C(=Cc3ccccc3[N+](=O)[O-])SC2=S)cc1. The molecule has 0 aromatic heterocycles. The number of methoxy groups -OCH3 is 1. The predicted molar refractivity (Wildman–Crippen MR) is 102 cm³/mol. The van der Waals surface area contributed by atoms with Crippen molar-refractivity contribution >= 4 is 51.7 Å². The summed E-state index contributed by atoms with van der Waals surface area (Å²) in [5.74, 6) is 0.364. The summed E-state index contributed by atoms with van der Waals surface area (Å²) in [5.41, 5.74) is 0.925. The van der Waals surface area contributed by atoms with Gasteiger partial charge in [-0.2, -0.15) is 0 Å². The maximum Gasteiger partial charge on any atom is 0.276 e. The Kier molecular flexibility index (Phi) is 4.82. The van der Waals surface area contributed by atoms with E-state index in [2.05, 4.69) is 0 Å². The van der Waals surface area contributed by atoms with Gasteiger partial charge in [0.05, 0.1) is 28.2 Å². The number of para-hydroxylation sites is 1. The van der Waals surface area contributed by atoms with Crippen LogP contribution < -0.4 is 9.64 Å². The number of nitro benzene ring substituents is 1. The van der Waals surface area contributed by atoms with E-state index >= 15 is 0 Å². The Morgan fingerprint density at radius 3 is 2.52 bits per heavy atom. The van der Waals surface area contributed by atoms with Crippen molar-refractivity contribution in [3.8, 4) is 5.75 Å². The van der Waals surface area contributed by atoms with Gasteiger partial charge in [-0.25, -0.2) is 0 Å². The number of amides is 1. The number of rotatable bonds is 4. The topological polar surface area (TPSA) is 72.7 Å². The highest BCUT2D eigenvalue weighted by molar-refractivity contribution is 8.27. The summed E-state index contributed by atoms with van der Waals surface area (Å²) in [4.78, 5) is 25.1. The monoisotopic (exact) mass is 372 g/mol. The number of hydrogen-bond acceptors (Lipinski definition) is 6. The molecule has 1 amide bonds. The number of benzene rings is 2. The smallest absolute Gasteiger partial charge is 0.276 e. The third-order valence-electron chi connectivity index (χ3n) is 3.54. The molecule has 1 fully saturated rings. The highest BCUT2D eigenvalue weighted by atomic mass is 32.2. The lowest BCUT2D eigenvalue weighted by Crippen LogP contribution is -2.27. The van der Waals surface area contributed by atoms with E-state index in [-0.39, 0.29) is 11.6 Å². The first-order valence-corrected chi connectivity index (χ1v) is 8.39. The first-order chi connectivity index (χ1) is 12.0. The molecule has 25 heavy (non-hydrogen) atoms. The predicted octanol–water partition coefficient (Wildman–Crippen LogP) is 4.01. The minimum absolute atomic E-state index is 0.0581. The first kappa shape index (κ1) is 17.1. The molecule has 2 aromatic rings. The molecule has 0 spiro atoms. The molecule has 0 radical (unpaired) electrons. The fourth-order valence-corrected chi connectivity index (χ4v) is 3.63. The van der Waals surface area contributed by atoms with Gasteiger partial charge >= 0.3 is 0 Å². The van der Waals surface area contributed by atoms with Crippen molar-refractivity contribution in [1.29, 1.82) is 0 Å². The molecule has 3 rings (SSSR count). The van der Waals surface area contributed by atoms with Crippen molar-refractivity contribution in [3.63, 3.8) is 0 Å². The molecule has 1 heterocycles. The summed E-state index contributed by atoms with van der Waals surface area (Å²) in [6.45, 7) is 0. The molecule has 0 atom stereocenters. The Morgan fingerprint density at radius 2 is 1.88 bits per heavy atom. The number of carbonyl (C=O) groups is 1. The molecular weight excluding hydrogens is 360 g/mol. The molecular formula is C17H12N2O4S2. The van der Waals surface area contributed by atoms with Crippen molar-refractivity contribution < 1.29 is 14.5 Å². The van der Waals surface area contributed by atoms with E-state index in [1.807, 2.05) is 0 Å². The number of thioether (sulfide) groups is 1. The largest absolute Gasteiger partial charge is 0.497 e. The molecule has 0 unspecified atom stereocenters. The summed E-state index contributed by atoms with van der Waals surface area (Å²) in [6.07, 6.45) is 1.50. The third-order valence-corrected chi connectivity index (χ3v) is 4.85. The lowest BCUT2D eigenvalue weighted by atomic mass is 10.1. The number of carbonyl (C=O) groups excluding carboxylic acids is 1. The van der Waals surface area contributed by atoms with Crippen LogP contribution in [0.2, 0.25) is 0 Å². The molecule has 0 N–H and O–H groups in total. The van der Waals surface area contributed by atoms with Crippen LogP contribution in [0.15, 0.2) is 53.4 Å². The van der Waals surface area contributed by atoms with Crippen LogP contribution in [0.3, 0.4) is 0 Å². The quantitative estimate of drug-likeness (QED) is 0.349. The minimum atomic E-state index is -0.476. The van der Waals surface area contributed by atoms with Crippen LogP contribution in [-0.4, -0.2) is 22.3 Å². The van der Waals surface area contributed by atoms with E-state index in [1.165, 1.54) is 17.0 Å². The second-order valence-corrected chi connectivity index (χ2v) is 6.71. The lowest BCUT2D eigenvalue weighted by Gasteiger charge is -2.14. The van der Waals surface area contributed by atoms with Crippen LogP contribution in [0, 0.1) is 10.1 Å². The number of anilines is 1. The summed E-state index contributed by atoms with van der Waals surface area (Å²) in [5, 5.41) is 11.1. The molecule has 8 heteroatoms. The van der Waals surface area contributed by atoms with Crippen LogP contribution in [0.5, 0.6) is 5.75 Å². The Balaban J connectivity index is 1.94. The normalized spacial score (nSPS) is 15.7. The zero-order valence-electron chi connectivity index (χ0n) is 13.0. The first-order valence-electron chi connectivity index (χ1n) is 7.16. The van der Waals surface area contributed by atoms with E-state index < -0.39 is 4.92 Å². The van der Waals surface area contributed by atoms with Crippen molar-refractivity contribution in [3.05, 3.63) is 69.1 Å². The van der Waals surface area contributed by atoms with Crippen LogP contribution in [0.25, 0.3) is 6.08 Å². The van der Waals surface area contributed by atoms with Gasteiger partial charge in [-0.05, 0) is 36.4 Å². The van der Waals surface area contributed by atoms with Crippen molar-refractivity contribution in [2.45, 2.75) is 0 Å². The fraction of sp³-hybridized carbons (Fsp3) is 0.0588. The van der Waals surface area contributed by atoms with Gasteiger partial charge in [-0.3, -0.25) is 19.8 Å². The van der Waals surface area contributed by atoms with E-state index in [0.717, 1.165) is 11.8 Å². The Hall–Kier alpha value is -2.71. The van der Waals surface area contributed by atoms with Gasteiger partial charge in [-0.15, -0.1) is 0 Å². The minimum Gasteiger partial charge on any atom is -0.497 e. The summed E-state index contributed by atoms with van der Waals surface area (Å²) >= 11 is 6.42. The van der Waals surface area contributed by atoms with E-state index in [4.69, 9.17) is 17.0 Å². The zero-order chi connectivity index (χ0) is 18.0. The zero-order valence-corrected chi connectivity index (χ0v) is 14.7. The van der Waals surface area contributed by atoms with Crippen LogP contribution in [-0.2, 0) is 4.79 Å². The summed E-state index contributed by atoms with van der Waals surface area (Å²) in [6, 6.07) is 13.2. The van der Waals surface area contributed by atoms with E-state index in [9.17, 15) is 14.9 Å². The fourth-order valence-electron chi connectivity index (χ4n) is 2.34. The van der Waals surface area contributed by atoms with Crippen molar-refractivity contribution in [2.24, 2.45) is 0 Å². The van der Waals surface area contributed by atoms with Crippen LogP contribution in [0.4, 0.5) is 11.4 Å². The molecule has 6 nitrogen and oxygen atoms in total. The number of hydrogen-bond donors (Lipinski definition) is 0. The lowest BCUT2D eigenvalue weighted by molar-refractivity contribution is -0.385. The number of nitro groups is 1. The van der Waals surface area contributed by atoms with E-state index in [1.54, 1.807) is 49.6 Å². The molecule has 2 aromatic carbocycles. The second-order valence-electron chi connectivity index (χ2n) is 5.03. The molecule has 0 aliphatic carbocycles. The van der Waals surface area contributed by atoms with Gasteiger partial charge in [0, 0.05) is 6.07 Å². The molecule has 126 valence electrons. The van der Waals surface area contributed by atoms with Crippen molar-refractivity contribution in [2.75, 3.05) is 12.0 Å². The Bertz CT molecular complexity index is 894. The highest BCUT2D eigenvalue weighted by Crippen LogP contribution is 2.37. The Morgan fingerprint density at radius 1 is 1.20 bits per heavy atom. The number of nitrogens with zero attached hydrogens (tertiary/aromatic N) is 2. The molecule has 1 aliphatic rings. The van der Waals surface area contributed by atoms with Gasteiger partial charge in [0.15, 0.2) is 4.32 Å². The molecule has 0 bridgehead atoms.